The summed E-state index contributed by atoms with van der Waals surface area (Å²) in [5, 5.41) is 3.72. The van der Waals surface area contributed by atoms with Crippen LogP contribution in [-0.2, 0) is 7.05 Å². The maximum Gasteiger partial charge on any atom is 0.151 e. The molecule has 1 aromatic carbocycles. The van der Waals surface area contributed by atoms with Crippen molar-refractivity contribution >= 4 is 11.0 Å². The van der Waals surface area contributed by atoms with Crippen molar-refractivity contribution in [3.8, 4) is 0 Å². The average Bonchev–Trinajstić information content (AvgIpc) is 3.01. The molecule has 0 bridgehead atoms. The number of halogens is 1. The van der Waals surface area contributed by atoms with Crippen LogP contribution in [0.25, 0.3) is 11.0 Å². The molecule has 1 N–H and O–H groups in total. The predicted molar refractivity (Wildman–Crippen MR) is 76.9 cm³/mol. The molecule has 106 valence electrons. The molecule has 3 nitrogen and oxygen atoms in total. The van der Waals surface area contributed by atoms with Gasteiger partial charge in [0.2, 0.25) is 0 Å². The second-order valence-corrected chi connectivity index (χ2v) is 6.24. The molecule has 2 fully saturated rings. The van der Waals surface area contributed by atoms with E-state index in [2.05, 4.69) is 10.3 Å². The molecule has 1 aromatic heterocycles. The molecule has 1 saturated carbocycles. The van der Waals surface area contributed by atoms with Crippen LogP contribution in [-0.4, -0.2) is 15.6 Å². The molecule has 0 spiro atoms. The molecular weight excluding hydrogens is 253 g/mol. The van der Waals surface area contributed by atoms with Gasteiger partial charge in [0.05, 0.1) is 11.6 Å². The smallest absolute Gasteiger partial charge is 0.151 e. The molecule has 3 atom stereocenters. The Labute approximate surface area is 118 Å². The van der Waals surface area contributed by atoms with Crippen molar-refractivity contribution in [3.05, 3.63) is 29.8 Å². The molecule has 1 saturated heterocycles. The van der Waals surface area contributed by atoms with Crippen molar-refractivity contribution in [3.63, 3.8) is 0 Å². The zero-order valence-corrected chi connectivity index (χ0v) is 11.8. The molecule has 3 unspecified atom stereocenters. The molecule has 4 heteroatoms. The minimum atomic E-state index is -0.222. The minimum absolute atomic E-state index is 0.222. The first-order valence-corrected chi connectivity index (χ1v) is 7.61. The van der Waals surface area contributed by atoms with Crippen molar-refractivity contribution < 1.29 is 4.39 Å². The van der Waals surface area contributed by atoms with E-state index in [4.69, 9.17) is 0 Å². The number of nitrogens with zero attached hydrogens (tertiary/aromatic N) is 2. The Morgan fingerprint density at radius 1 is 1.30 bits per heavy atom. The van der Waals surface area contributed by atoms with Gasteiger partial charge in [-0.1, -0.05) is 18.9 Å². The van der Waals surface area contributed by atoms with Crippen LogP contribution in [0.2, 0.25) is 0 Å². The summed E-state index contributed by atoms with van der Waals surface area (Å²) in [6.07, 6.45) is 6.43. The number of rotatable bonds is 1. The lowest BCUT2D eigenvalue weighted by Gasteiger charge is -2.24. The van der Waals surface area contributed by atoms with E-state index in [-0.39, 0.29) is 11.9 Å². The van der Waals surface area contributed by atoms with Gasteiger partial charge in [0, 0.05) is 13.1 Å². The molecule has 4 rings (SSSR count). The first-order valence-electron chi connectivity index (χ1n) is 7.61. The number of benzene rings is 1. The van der Waals surface area contributed by atoms with E-state index in [9.17, 15) is 4.39 Å². The Bertz CT molecular complexity index is 634. The third-order valence-corrected chi connectivity index (χ3v) is 5.07. The fraction of sp³-hybridized carbons (Fsp3) is 0.562. The van der Waals surface area contributed by atoms with Crippen LogP contribution >= 0.6 is 0 Å². The van der Waals surface area contributed by atoms with Crippen molar-refractivity contribution in [2.75, 3.05) is 0 Å². The summed E-state index contributed by atoms with van der Waals surface area (Å²) >= 11 is 0. The van der Waals surface area contributed by atoms with Crippen LogP contribution in [0.1, 0.15) is 44.0 Å². The Kier molecular flexibility index (Phi) is 2.81. The van der Waals surface area contributed by atoms with Gasteiger partial charge in [0.1, 0.15) is 11.3 Å². The molecule has 2 aliphatic rings. The zero-order valence-electron chi connectivity index (χ0n) is 11.8. The van der Waals surface area contributed by atoms with Gasteiger partial charge in [-0.05, 0) is 37.3 Å². The highest BCUT2D eigenvalue weighted by Crippen LogP contribution is 2.39. The van der Waals surface area contributed by atoms with E-state index in [0.29, 0.717) is 11.6 Å². The summed E-state index contributed by atoms with van der Waals surface area (Å²) in [6.45, 7) is 0. The summed E-state index contributed by atoms with van der Waals surface area (Å²) in [5.41, 5.74) is 1.39. The lowest BCUT2D eigenvalue weighted by molar-refractivity contribution is 0.325. The maximum absolute atomic E-state index is 13.9. The molecule has 0 radical (unpaired) electrons. The Morgan fingerprint density at radius 2 is 2.15 bits per heavy atom. The van der Waals surface area contributed by atoms with Gasteiger partial charge in [-0.3, -0.25) is 0 Å². The average molecular weight is 273 g/mol. The highest BCUT2D eigenvalue weighted by molar-refractivity contribution is 5.76. The molecule has 1 aliphatic carbocycles. The zero-order chi connectivity index (χ0) is 13.7. The number of nitrogens with one attached hydrogen (secondary N) is 1. The Morgan fingerprint density at radius 3 is 2.95 bits per heavy atom. The summed E-state index contributed by atoms with van der Waals surface area (Å²) in [7, 11) is 1.99. The monoisotopic (exact) mass is 273 g/mol. The summed E-state index contributed by atoms with van der Waals surface area (Å²) in [5.74, 6) is 1.54. The quantitative estimate of drug-likeness (QED) is 0.864. The van der Waals surface area contributed by atoms with E-state index >= 15 is 0 Å². The van der Waals surface area contributed by atoms with Crippen LogP contribution < -0.4 is 5.32 Å². The van der Waals surface area contributed by atoms with Gasteiger partial charge in [0.25, 0.3) is 0 Å². The van der Waals surface area contributed by atoms with Gasteiger partial charge in [0.15, 0.2) is 5.82 Å². The first kappa shape index (κ1) is 12.3. The van der Waals surface area contributed by atoms with Gasteiger partial charge in [-0.25, -0.2) is 9.37 Å². The minimum Gasteiger partial charge on any atom is -0.330 e. The lowest BCUT2D eigenvalue weighted by atomic mass is 9.85. The number of para-hydroxylation sites is 1. The number of aromatic nitrogens is 2. The standard InChI is InChI=1S/C16H20FN3/c1-20-14-8-4-6-11(17)15(14)19-16(20)13-9-10-5-2-3-7-12(10)18-13/h4,6,8,10,12-13,18H,2-3,5,7,9H2,1H3. The predicted octanol–water partition coefficient (Wildman–Crippen LogP) is 3.31. The van der Waals surface area contributed by atoms with Crippen LogP contribution in [0.5, 0.6) is 0 Å². The summed E-state index contributed by atoms with van der Waals surface area (Å²) in [6, 6.07) is 6.10. The topological polar surface area (TPSA) is 29.9 Å². The van der Waals surface area contributed by atoms with Crippen LogP contribution in [0.15, 0.2) is 18.2 Å². The number of hydrogen-bond donors (Lipinski definition) is 1. The van der Waals surface area contributed by atoms with Crippen molar-refractivity contribution in [2.24, 2.45) is 13.0 Å². The van der Waals surface area contributed by atoms with Crippen molar-refractivity contribution in [1.82, 2.24) is 14.9 Å². The second-order valence-electron chi connectivity index (χ2n) is 6.24. The molecule has 0 amide bonds. The van der Waals surface area contributed by atoms with Gasteiger partial charge >= 0.3 is 0 Å². The fourth-order valence-electron chi connectivity index (χ4n) is 4.03. The molecular formula is C16H20FN3. The number of imidazole rings is 1. The molecule has 2 heterocycles. The summed E-state index contributed by atoms with van der Waals surface area (Å²) < 4.78 is 15.9. The van der Waals surface area contributed by atoms with Crippen LogP contribution in [0, 0.1) is 11.7 Å². The molecule has 2 aromatic rings. The molecule has 20 heavy (non-hydrogen) atoms. The van der Waals surface area contributed by atoms with Gasteiger partial charge < -0.3 is 9.88 Å². The van der Waals surface area contributed by atoms with E-state index < -0.39 is 0 Å². The van der Waals surface area contributed by atoms with Crippen molar-refractivity contribution in [1.29, 1.82) is 0 Å². The largest absolute Gasteiger partial charge is 0.330 e. The Hall–Kier alpha value is -1.42. The SMILES string of the molecule is Cn1c(C2CC3CCCCC3N2)nc2c(F)cccc21. The maximum atomic E-state index is 13.9. The van der Waals surface area contributed by atoms with E-state index in [1.54, 1.807) is 6.07 Å². The molecule has 1 aliphatic heterocycles. The number of aryl methyl sites for hydroxylation is 1. The number of hydrogen-bond acceptors (Lipinski definition) is 2. The fourth-order valence-corrected chi connectivity index (χ4v) is 4.03. The van der Waals surface area contributed by atoms with Crippen LogP contribution in [0.4, 0.5) is 4.39 Å². The van der Waals surface area contributed by atoms with Gasteiger partial charge in [-0.15, -0.1) is 0 Å². The normalized spacial score (nSPS) is 29.8. The van der Waals surface area contributed by atoms with Crippen LogP contribution in [0.3, 0.4) is 0 Å². The number of fused-ring (bicyclic) bond motifs is 2. The third kappa shape index (κ3) is 1.78. The van der Waals surface area contributed by atoms with Gasteiger partial charge in [-0.2, -0.15) is 0 Å². The van der Waals surface area contributed by atoms with E-state index in [1.165, 1.54) is 31.7 Å². The van der Waals surface area contributed by atoms with E-state index in [0.717, 1.165) is 23.7 Å². The lowest BCUT2D eigenvalue weighted by Crippen LogP contribution is -2.31. The van der Waals surface area contributed by atoms with E-state index in [1.807, 2.05) is 17.7 Å². The third-order valence-electron chi connectivity index (χ3n) is 5.07. The highest BCUT2D eigenvalue weighted by atomic mass is 19.1. The summed E-state index contributed by atoms with van der Waals surface area (Å²) in [4.78, 5) is 4.58. The highest BCUT2D eigenvalue weighted by Gasteiger charge is 2.37. The van der Waals surface area contributed by atoms with Crippen molar-refractivity contribution in [2.45, 2.75) is 44.2 Å². The Balaban J connectivity index is 1.72. The first-order chi connectivity index (χ1) is 9.74. The second kappa shape index (κ2) is 4.55.